The van der Waals surface area contributed by atoms with Gasteiger partial charge in [-0.05, 0) is 25.3 Å². The summed E-state index contributed by atoms with van der Waals surface area (Å²) in [5.74, 6) is -0.311. The second-order valence-corrected chi connectivity index (χ2v) is 5.35. The number of urea groups is 1. The van der Waals surface area contributed by atoms with E-state index in [0.29, 0.717) is 19.6 Å². The summed E-state index contributed by atoms with van der Waals surface area (Å²) in [6.07, 6.45) is 1.75. The van der Waals surface area contributed by atoms with Crippen LogP contribution in [-0.2, 0) is 11.3 Å². The van der Waals surface area contributed by atoms with Gasteiger partial charge in [-0.15, -0.1) is 17.9 Å². The summed E-state index contributed by atoms with van der Waals surface area (Å²) in [5.41, 5.74) is 0. The van der Waals surface area contributed by atoms with Crippen molar-refractivity contribution >= 4 is 23.3 Å². The predicted molar refractivity (Wildman–Crippen MR) is 81.6 cm³/mol. The summed E-state index contributed by atoms with van der Waals surface area (Å²) >= 11 is 1.64. The number of imide groups is 1. The zero-order chi connectivity index (χ0) is 15.0. The molecule has 1 unspecified atom stereocenters. The Morgan fingerprint density at radius 1 is 1.55 bits per heavy atom. The van der Waals surface area contributed by atoms with Gasteiger partial charge in [-0.1, -0.05) is 12.1 Å². The molecule has 6 heteroatoms. The molecule has 0 aliphatic rings. The standard InChI is InChI=1S/C14H21N3O2S/c1-4-8-17(10-12-7-6-9-20-12)11(3)13(18)16-14(19)15-5-2/h4,6-7,9,11H,1,5,8,10H2,2-3H3,(H2,15,16,18,19). The highest BCUT2D eigenvalue weighted by atomic mass is 32.1. The summed E-state index contributed by atoms with van der Waals surface area (Å²) < 4.78 is 0. The van der Waals surface area contributed by atoms with Gasteiger partial charge in [0.2, 0.25) is 5.91 Å². The van der Waals surface area contributed by atoms with Gasteiger partial charge in [0.05, 0.1) is 6.04 Å². The SMILES string of the molecule is C=CCN(Cc1cccs1)C(C)C(=O)NC(=O)NCC. The third-order valence-electron chi connectivity index (χ3n) is 2.80. The second kappa shape index (κ2) is 8.50. The first-order chi connectivity index (χ1) is 9.58. The Labute approximate surface area is 123 Å². The Morgan fingerprint density at radius 3 is 2.85 bits per heavy atom. The lowest BCUT2D eigenvalue weighted by Gasteiger charge is -2.26. The molecular formula is C14H21N3O2S. The van der Waals surface area contributed by atoms with Crippen LogP contribution >= 0.6 is 11.3 Å². The summed E-state index contributed by atoms with van der Waals surface area (Å²) in [5, 5.41) is 6.88. The number of nitrogens with one attached hydrogen (secondary N) is 2. The van der Waals surface area contributed by atoms with E-state index in [1.54, 1.807) is 31.3 Å². The maximum absolute atomic E-state index is 12.0. The van der Waals surface area contributed by atoms with Crippen LogP contribution in [0.25, 0.3) is 0 Å². The molecule has 0 bridgehead atoms. The third kappa shape index (κ3) is 5.14. The van der Waals surface area contributed by atoms with Crippen molar-refractivity contribution in [2.45, 2.75) is 26.4 Å². The Balaban J connectivity index is 2.62. The number of thiophene rings is 1. The number of carbonyl (C=O) groups excluding carboxylic acids is 2. The van der Waals surface area contributed by atoms with Gasteiger partial charge in [0.25, 0.3) is 0 Å². The van der Waals surface area contributed by atoms with Gasteiger partial charge in [0, 0.05) is 24.5 Å². The van der Waals surface area contributed by atoms with Crippen LogP contribution in [0.5, 0.6) is 0 Å². The fourth-order valence-electron chi connectivity index (χ4n) is 1.72. The average Bonchev–Trinajstić information content (AvgIpc) is 2.90. The molecule has 1 atom stereocenters. The van der Waals surface area contributed by atoms with E-state index in [4.69, 9.17) is 0 Å². The molecule has 0 saturated carbocycles. The maximum atomic E-state index is 12.0. The van der Waals surface area contributed by atoms with Crippen LogP contribution < -0.4 is 10.6 Å². The largest absolute Gasteiger partial charge is 0.338 e. The molecule has 0 saturated heterocycles. The Bertz CT molecular complexity index is 445. The predicted octanol–water partition coefficient (Wildman–Crippen LogP) is 1.97. The number of nitrogens with zero attached hydrogens (tertiary/aromatic N) is 1. The highest BCUT2D eigenvalue weighted by molar-refractivity contribution is 7.09. The van der Waals surface area contributed by atoms with Crippen molar-refractivity contribution in [1.29, 1.82) is 0 Å². The Kier molecular flexibility index (Phi) is 6.97. The van der Waals surface area contributed by atoms with E-state index >= 15 is 0 Å². The topological polar surface area (TPSA) is 61.4 Å². The summed E-state index contributed by atoms with van der Waals surface area (Å²) in [7, 11) is 0. The van der Waals surface area contributed by atoms with Crippen molar-refractivity contribution in [1.82, 2.24) is 15.5 Å². The zero-order valence-electron chi connectivity index (χ0n) is 11.9. The van der Waals surface area contributed by atoms with Crippen molar-refractivity contribution in [2.24, 2.45) is 0 Å². The van der Waals surface area contributed by atoms with Gasteiger partial charge in [0.1, 0.15) is 0 Å². The first kappa shape index (κ1) is 16.4. The normalized spacial score (nSPS) is 11.9. The molecule has 1 rings (SSSR count). The van der Waals surface area contributed by atoms with Gasteiger partial charge in [-0.3, -0.25) is 15.0 Å². The number of hydrogen-bond acceptors (Lipinski definition) is 4. The number of amides is 3. The van der Waals surface area contributed by atoms with Crippen molar-refractivity contribution in [3.8, 4) is 0 Å². The van der Waals surface area contributed by atoms with E-state index in [1.807, 2.05) is 22.4 Å². The van der Waals surface area contributed by atoms with E-state index in [-0.39, 0.29) is 5.91 Å². The van der Waals surface area contributed by atoms with Crippen LogP contribution in [0.4, 0.5) is 4.79 Å². The van der Waals surface area contributed by atoms with Crippen LogP contribution in [0.2, 0.25) is 0 Å². The number of hydrogen-bond donors (Lipinski definition) is 2. The van der Waals surface area contributed by atoms with Crippen LogP contribution in [-0.4, -0.2) is 36.0 Å². The van der Waals surface area contributed by atoms with E-state index in [1.165, 1.54) is 4.88 Å². The molecule has 3 amide bonds. The molecule has 20 heavy (non-hydrogen) atoms. The smallest absolute Gasteiger partial charge is 0.321 e. The zero-order valence-corrected chi connectivity index (χ0v) is 12.7. The maximum Gasteiger partial charge on any atom is 0.321 e. The molecule has 2 N–H and O–H groups in total. The lowest BCUT2D eigenvalue weighted by Crippen LogP contribution is -2.49. The molecule has 0 aliphatic heterocycles. The fraction of sp³-hybridized carbons (Fsp3) is 0.429. The first-order valence-corrected chi connectivity index (χ1v) is 7.42. The molecule has 110 valence electrons. The quantitative estimate of drug-likeness (QED) is 0.756. The van der Waals surface area contributed by atoms with Crippen molar-refractivity contribution in [3.63, 3.8) is 0 Å². The van der Waals surface area contributed by atoms with Crippen LogP contribution in [0.3, 0.4) is 0 Å². The first-order valence-electron chi connectivity index (χ1n) is 6.54. The van der Waals surface area contributed by atoms with Crippen molar-refractivity contribution in [3.05, 3.63) is 35.0 Å². The molecule has 0 spiro atoms. The molecule has 1 heterocycles. The lowest BCUT2D eigenvalue weighted by atomic mass is 10.2. The fourth-order valence-corrected chi connectivity index (χ4v) is 2.44. The monoisotopic (exact) mass is 295 g/mol. The minimum atomic E-state index is -0.459. The van der Waals surface area contributed by atoms with Gasteiger partial charge in [0.15, 0.2) is 0 Å². The van der Waals surface area contributed by atoms with Crippen molar-refractivity contribution in [2.75, 3.05) is 13.1 Å². The van der Waals surface area contributed by atoms with Crippen LogP contribution in [0.1, 0.15) is 18.7 Å². The highest BCUT2D eigenvalue weighted by Gasteiger charge is 2.22. The molecular weight excluding hydrogens is 274 g/mol. The molecule has 1 aromatic rings. The van der Waals surface area contributed by atoms with Gasteiger partial charge < -0.3 is 5.32 Å². The van der Waals surface area contributed by atoms with Crippen molar-refractivity contribution < 1.29 is 9.59 Å². The minimum Gasteiger partial charge on any atom is -0.338 e. The summed E-state index contributed by atoms with van der Waals surface area (Å²) in [6, 6.07) is 3.14. The third-order valence-corrected chi connectivity index (χ3v) is 3.67. The molecule has 0 radical (unpaired) electrons. The van der Waals surface area contributed by atoms with Gasteiger partial charge in [-0.25, -0.2) is 4.79 Å². The Morgan fingerprint density at radius 2 is 2.30 bits per heavy atom. The molecule has 0 aliphatic carbocycles. The molecule has 1 aromatic heterocycles. The summed E-state index contributed by atoms with van der Waals surface area (Å²) in [6.45, 7) is 9.03. The minimum absolute atomic E-state index is 0.311. The lowest BCUT2D eigenvalue weighted by molar-refractivity contribution is -0.124. The van der Waals surface area contributed by atoms with E-state index in [2.05, 4.69) is 17.2 Å². The summed E-state index contributed by atoms with van der Waals surface area (Å²) in [4.78, 5) is 26.5. The number of rotatable bonds is 7. The highest BCUT2D eigenvalue weighted by Crippen LogP contribution is 2.14. The average molecular weight is 295 g/mol. The van der Waals surface area contributed by atoms with E-state index in [9.17, 15) is 9.59 Å². The van der Waals surface area contributed by atoms with Crippen LogP contribution in [0, 0.1) is 0 Å². The van der Waals surface area contributed by atoms with Gasteiger partial charge >= 0.3 is 6.03 Å². The molecule has 0 fully saturated rings. The Hall–Kier alpha value is -1.66. The molecule has 5 nitrogen and oxygen atoms in total. The second-order valence-electron chi connectivity index (χ2n) is 4.32. The van der Waals surface area contributed by atoms with Crippen LogP contribution in [0.15, 0.2) is 30.2 Å². The number of carbonyl (C=O) groups is 2. The van der Waals surface area contributed by atoms with E-state index < -0.39 is 12.1 Å². The molecule has 0 aromatic carbocycles. The van der Waals surface area contributed by atoms with E-state index in [0.717, 1.165) is 0 Å². The van der Waals surface area contributed by atoms with Gasteiger partial charge in [-0.2, -0.15) is 0 Å².